The lowest BCUT2D eigenvalue weighted by atomic mass is 10.2. The quantitative estimate of drug-likeness (QED) is 0.854. The van der Waals surface area contributed by atoms with Crippen molar-refractivity contribution in [1.29, 1.82) is 0 Å². The van der Waals surface area contributed by atoms with E-state index in [0.717, 1.165) is 15.8 Å². The van der Waals surface area contributed by atoms with Gasteiger partial charge < -0.3 is 10.1 Å². The van der Waals surface area contributed by atoms with Crippen LogP contribution in [0, 0.1) is 6.92 Å². The highest BCUT2D eigenvalue weighted by atomic mass is 79.9. The van der Waals surface area contributed by atoms with E-state index in [9.17, 15) is 4.79 Å². The first-order chi connectivity index (χ1) is 10.1. The van der Waals surface area contributed by atoms with Crippen molar-refractivity contribution in [3.8, 4) is 0 Å². The van der Waals surface area contributed by atoms with Crippen LogP contribution in [0.1, 0.15) is 12.5 Å². The maximum Gasteiger partial charge on any atom is 0.412 e. The topological polar surface area (TPSA) is 63.2 Å². The zero-order valence-corrected chi connectivity index (χ0v) is 13.4. The Morgan fingerprint density at radius 1 is 1.29 bits per heavy atom. The van der Waals surface area contributed by atoms with Gasteiger partial charge in [-0.15, -0.1) is 0 Å². The maximum absolute atomic E-state index is 11.3. The Labute approximate surface area is 131 Å². The van der Waals surface area contributed by atoms with Crippen molar-refractivity contribution in [1.82, 2.24) is 4.98 Å². The molecule has 0 unspecified atom stereocenters. The number of benzene rings is 1. The second kappa shape index (κ2) is 7.08. The highest BCUT2D eigenvalue weighted by Crippen LogP contribution is 2.23. The van der Waals surface area contributed by atoms with E-state index in [1.54, 1.807) is 19.2 Å². The first-order valence-corrected chi connectivity index (χ1v) is 7.31. The Bertz CT molecular complexity index is 629. The summed E-state index contributed by atoms with van der Waals surface area (Å²) < 4.78 is 5.83. The molecule has 0 atom stereocenters. The van der Waals surface area contributed by atoms with Crippen molar-refractivity contribution in [2.24, 2.45) is 0 Å². The van der Waals surface area contributed by atoms with Gasteiger partial charge in [0, 0.05) is 10.2 Å². The molecule has 0 bridgehead atoms. The lowest BCUT2D eigenvalue weighted by Gasteiger charge is -2.09. The van der Waals surface area contributed by atoms with Gasteiger partial charge in [-0.1, -0.05) is 22.0 Å². The fraction of sp³-hybridized carbons (Fsp3) is 0.200. The summed E-state index contributed by atoms with van der Waals surface area (Å²) in [7, 11) is 0. The number of aromatic nitrogens is 1. The molecule has 6 heteroatoms. The van der Waals surface area contributed by atoms with E-state index in [-0.39, 0.29) is 0 Å². The van der Waals surface area contributed by atoms with Gasteiger partial charge in [-0.2, -0.15) is 0 Å². The number of aryl methyl sites for hydroxylation is 1. The van der Waals surface area contributed by atoms with Crippen LogP contribution in [0.3, 0.4) is 0 Å². The molecule has 1 aromatic carbocycles. The van der Waals surface area contributed by atoms with Crippen molar-refractivity contribution in [3.05, 3.63) is 46.6 Å². The van der Waals surface area contributed by atoms with Crippen LogP contribution < -0.4 is 10.6 Å². The molecule has 0 saturated heterocycles. The lowest BCUT2D eigenvalue weighted by molar-refractivity contribution is 0.168. The predicted molar refractivity (Wildman–Crippen MR) is 87.0 cm³/mol. The molecule has 0 saturated carbocycles. The molecule has 2 N–H and O–H groups in total. The molecule has 2 rings (SSSR count). The average Bonchev–Trinajstić information content (AvgIpc) is 2.45. The molecular formula is C15H16BrN3O2. The van der Waals surface area contributed by atoms with Gasteiger partial charge in [-0.05, 0) is 43.7 Å². The van der Waals surface area contributed by atoms with E-state index < -0.39 is 6.09 Å². The third kappa shape index (κ3) is 4.46. The fourth-order valence-electron chi connectivity index (χ4n) is 1.65. The molecule has 1 amide bonds. The first kappa shape index (κ1) is 15.3. The van der Waals surface area contributed by atoms with Crippen molar-refractivity contribution in [2.75, 3.05) is 17.2 Å². The van der Waals surface area contributed by atoms with E-state index in [0.29, 0.717) is 12.4 Å². The number of carbonyl (C=O) groups excluding carboxylic acids is 1. The van der Waals surface area contributed by atoms with E-state index in [1.165, 1.54) is 5.56 Å². The van der Waals surface area contributed by atoms with Gasteiger partial charge in [0.25, 0.3) is 0 Å². The van der Waals surface area contributed by atoms with Crippen LogP contribution in [-0.4, -0.2) is 17.7 Å². The van der Waals surface area contributed by atoms with E-state index >= 15 is 0 Å². The number of rotatable bonds is 4. The Hall–Kier alpha value is -2.08. The van der Waals surface area contributed by atoms with Crippen LogP contribution >= 0.6 is 15.9 Å². The summed E-state index contributed by atoms with van der Waals surface area (Å²) in [5, 5.41) is 5.78. The van der Waals surface area contributed by atoms with Gasteiger partial charge >= 0.3 is 6.09 Å². The minimum absolute atomic E-state index is 0.327. The SMILES string of the molecule is CCOC(=O)Nc1ccc(Nc2ccc(C)c(Br)c2)cn1. The van der Waals surface area contributed by atoms with E-state index in [2.05, 4.69) is 31.5 Å². The number of ether oxygens (including phenoxy) is 1. The third-order valence-corrected chi connectivity index (χ3v) is 3.58. The minimum Gasteiger partial charge on any atom is -0.450 e. The van der Waals surface area contributed by atoms with Gasteiger partial charge in [0.2, 0.25) is 0 Å². The number of pyridine rings is 1. The standard InChI is InChI=1S/C15H16BrN3O2/c1-3-21-15(20)19-14-7-6-12(9-17-14)18-11-5-4-10(2)13(16)8-11/h4-9,18H,3H2,1-2H3,(H,17,19,20). The predicted octanol–water partition coefficient (Wildman–Crippen LogP) is 4.46. The van der Waals surface area contributed by atoms with Gasteiger partial charge in [0.1, 0.15) is 5.82 Å². The number of anilines is 3. The molecule has 0 aliphatic heterocycles. The largest absolute Gasteiger partial charge is 0.450 e. The van der Waals surface area contributed by atoms with Crippen LogP contribution in [0.5, 0.6) is 0 Å². The molecule has 0 aliphatic carbocycles. The van der Waals surface area contributed by atoms with Gasteiger partial charge in [-0.25, -0.2) is 9.78 Å². The second-order valence-electron chi connectivity index (χ2n) is 4.37. The fourth-order valence-corrected chi connectivity index (χ4v) is 2.03. The number of nitrogens with one attached hydrogen (secondary N) is 2. The van der Waals surface area contributed by atoms with Gasteiger partial charge in [0.15, 0.2) is 0 Å². The Balaban J connectivity index is 2.01. The van der Waals surface area contributed by atoms with Crippen LogP contribution in [0.15, 0.2) is 41.0 Å². The molecule has 0 radical (unpaired) electrons. The zero-order chi connectivity index (χ0) is 15.2. The molecule has 0 aliphatic rings. The number of hydrogen-bond donors (Lipinski definition) is 2. The molecule has 0 fully saturated rings. The highest BCUT2D eigenvalue weighted by Gasteiger charge is 2.03. The molecule has 110 valence electrons. The Morgan fingerprint density at radius 2 is 2.05 bits per heavy atom. The van der Waals surface area contributed by atoms with Crippen molar-refractivity contribution < 1.29 is 9.53 Å². The highest BCUT2D eigenvalue weighted by molar-refractivity contribution is 9.10. The molecule has 2 aromatic rings. The minimum atomic E-state index is -0.506. The van der Waals surface area contributed by atoms with Crippen molar-refractivity contribution >= 4 is 39.2 Å². The third-order valence-electron chi connectivity index (χ3n) is 2.73. The number of halogens is 1. The number of carbonyl (C=O) groups is 1. The molecule has 1 heterocycles. The van der Waals surface area contributed by atoms with Crippen LogP contribution in [-0.2, 0) is 4.74 Å². The lowest BCUT2D eigenvalue weighted by Crippen LogP contribution is -2.14. The zero-order valence-electron chi connectivity index (χ0n) is 11.8. The summed E-state index contributed by atoms with van der Waals surface area (Å²) in [4.78, 5) is 15.4. The summed E-state index contributed by atoms with van der Waals surface area (Å²) in [5.74, 6) is 0.448. The van der Waals surface area contributed by atoms with Crippen molar-refractivity contribution in [2.45, 2.75) is 13.8 Å². The van der Waals surface area contributed by atoms with Crippen LogP contribution in [0.4, 0.5) is 22.0 Å². The smallest absolute Gasteiger partial charge is 0.412 e. The monoisotopic (exact) mass is 349 g/mol. The summed E-state index contributed by atoms with van der Waals surface area (Å²) in [5.41, 5.74) is 2.97. The second-order valence-corrected chi connectivity index (χ2v) is 5.22. The maximum atomic E-state index is 11.3. The van der Waals surface area contributed by atoms with E-state index in [1.807, 2.05) is 31.2 Å². The Morgan fingerprint density at radius 3 is 2.67 bits per heavy atom. The molecule has 0 spiro atoms. The average molecular weight is 350 g/mol. The molecular weight excluding hydrogens is 334 g/mol. The van der Waals surface area contributed by atoms with Crippen molar-refractivity contribution in [3.63, 3.8) is 0 Å². The van der Waals surface area contributed by atoms with Crippen LogP contribution in [0.25, 0.3) is 0 Å². The van der Waals surface area contributed by atoms with Gasteiger partial charge in [-0.3, -0.25) is 5.32 Å². The summed E-state index contributed by atoms with van der Waals surface area (Å²) >= 11 is 3.50. The first-order valence-electron chi connectivity index (χ1n) is 6.51. The summed E-state index contributed by atoms with van der Waals surface area (Å²) in [6.07, 6.45) is 1.14. The molecule has 1 aromatic heterocycles. The number of amides is 1. The van der Waals surface area contributed by atoms with Gasteiger partial charge in [0.05, 0.1) is 18.5 Å². The normalized spacial score (nSPS) is 10.0. The van der Waals surface area contributed by atoms with E-state index in [4.69, 9.17) is 4.74 Å². The molecule has 21 heavy (non-hydrogen) atoms. The summed E-state index contributed by atoms with van der Waals surface area (Å²) in [6, 6.07) is 9.56. The summed E-state index contributed by atoms with van der Waals surface area (Å²) in [6.45, 7) is 4.11. The molecule has 5 nitrogen and oxygen atoms in total. The Kier molecular flexibility index (Phi) is 5.16. The van der Waals surface area contributed by atoms with Crippen LogP contribution in [0.2, 0.25) is 0 Å². The number of nitrogens with zero attached hydrogens (tertiary/aromatic N) is 1. The number of hydrogen-bond acceptors (Lipinski definition) is 4.